The summed E-state index contributed by atoms with van der Waals surface area (Å²) in [5.41, 5.74) is -0.0779. The minimum atomic E-state index is -1.27. The fourth-order valence-corrected chi connectivity index (χ4v) is 2.69. The minimum absolute atomic E-state index is 0.105. The van der Waals surface area contributed by atoms with Crippen molar-refractivity contribution in [1.82, 2.24) is 19.5 Å². The van der Waals surface area contributed by atoms with E-state index < -0.39 is 36.7 Å². The molecular formula is C14H21N5O5. The van der Waals surface area contributed by atoms with Gasteiger partial charge in [0, 0.05) is 6.54 Å². The molecule has 24 heavy (non-hydrogen) atoms. The van der Waals surface area contributed by atoms with Gasteiger partial charge >= 0.3 is 0 Å². The Morgan fingerprint density at radius 2 is 2.21 bits per heavy atom. The van der Waals surface area contributed by atoms with Gasteiger partial charge in [-0.1, -0.05) is 13.3 Å². The average molecular weight is 339 g/mol. The Hall–Kier alpha value is -2.01. The van der Waals surface area contributed by atoms with E-state index in [1.807, 2.05) is 0 Å². The van der Waals surface area contributed by atoms with Crippen molar-refractivity contribution in [2.24, 2.45) is 0 Å². The molecule has 0 saturated carbocycles. The van der Waals surface area contributed by atoms with Gasteiger partial charge in [-0.3, -0.25) is 14.3 Å². The maximum absolute atomic E-state index is 12.1. The molecule has 0 bridgehead atoms. The number of fused-ring (bicyclic) bond motifs is 1. The molecule has 5 N–H and O–H groups in total. The lowest BCUT2D eigenvalue weighted by Gasteiger charge is -2.16. The maximum Gasteiger partial charge on any atom is 0.280 e. The van der Waals surface area contributed by atoms with Crippen LogP contribution in [0.4, 0.5) is 5.95 Å². The number of anilines is 1. The van der Waals surface area contributed by atoms with Crippen LogP contribution in [0.1, 0.15) is 26.0 Å². The summed E-state index contributed by atoms with van der Waals surface area (Å²) >= 11 is 0. The highest BCUT2D eigenvalue weighted by Gasteiger charge is 2.44. The number of imidazole rings is 1. The van der Waals surface area contributed by atoms with Crippen molar-refractivity contribution >= 4 is 17.1 Å². The first-order valence-electron chi connectivity index (χ1n) is 7.90. The molecule has 10 nitrogen and oxygen atoms in total. The molecule has 0 unspecified atom stereocenters. The molecule has 0 aromatic carbocycles. The van der Waals surface area contributed by atoms with E-state index in [0.717, 1.165) is 12.8 Å². The molecule has 0 amide bonds. The predicted molar refractivity (Wildman–Crippen MR) is 84.6 cm³/mol. The van der Waals surface area contributed by atoms with Gasteiger partial charge in [0.15, 0.2) is 17.4 Å². The fraction of sp³-hybridized carbons (Fsp3) is 0.643. The molecule has 0 spiro atoms. The van der Waals surface area contributed by atoms with Gasteiger partial charge in [-0.15, -0.1) is 0 Å². The fourth-order valence-electron chi connectivity index (χ4n) is 2.69. The number of aromatic nitrogens is 4. The third kappa shape index (κ3) is 2.88. The van der Waals surface area contributed by atoms with Crippen LogP contribution in [0.5, 0.6) is 0 Å². The van der Waals surface area contributed by atoms with E-state index >= 15 is 0 Å². The number of H-pyrrole nitrogens is 1. The Morgan fingerprint density at radius 1 is 1.42 bits per heavy atom. The van der Waals surface area contributed by atoms with Crippen molar-refractivity contribution in [1.29, 1.82) is 0 Å². The van der Waals surface area contributed by atoms with Gasteiger partial charge < -0.3 is 25.4 Å². The zero-order valence-corrected chi connectivity index (χ0v) is 13.2. The van der Waals surface area contributed by atoms with Gasteiger partial charge in [0.25, 0.3) is 5.56 Å². The number of nitrogens with one attached hydrogen (secondary N) is 2. The number of hydrogen-bond acceptors (Lipinski definition) is 8. The van der Waals surface area contributed by atoms with Crippen molar-refractivity contribution in [2.75, 3.05) is 18.5 Å². The van der Waals surface area contributed by atoms with E-state index in [-0.39, 0.29) is 11.2 Å². The SMILES string of the molecule is CCCCNc1nc2c(ncn2[C@@H]2O[C@H](CO)[C@@H](O)[C@H]2O)c(=O)[nH]1. The van der Waals surface area contributed by atoms with E-state index in [4.69, 9.17) is 4.74 Å². The summed E-state index contributed by atoms with van der Waals surface area (Å²) in [4.78, 5) is 23.1. The van der Waals surface area contributed by atoms with E-state index in [2.05, 4.69) is 27.2 Å². The second-order valence-corrected chi connectivity index (χ2v) is 5.75. The van der Waals surface area contributed by atoms with E-state index in [9.17, 15) is 20.1 Å². The summed E-state index contributed by atoms with van der Waals surface area (Å²) in [7, 11) is 0. The molecule has 0 aliphatic carbocycles. The Bertz CT molecular complexity index is 760. The molecule has 3 heterocycles. The highest BCUT2D eigenvalue weighted by atomic mass is 16.6. The summed E-state index contributed by atoms with van der Waals surface area (Å²) in [5.74, 6) is 0.300. The smallest absolute Gasteiger partial charge is 0.280 e. The molecular weight excluding hydrogens is 318 g/mol. The average Bonchev–Trinajstić information content (AvgIpc) is 3.10. The standard InChI is InChI=1S/C14H21N5O5/c1-2-3-4-15-14-17-11-8(12(23)18-14)16-6-19(11)13-10(22)9(21)7(5-20)24-13/h6-7,9-10,13,20-22H,2-5H2,1H3,(H2,15,17,18,23)/t7-,9-,10-,13-/m1/s1. The van der Waals surface area contributed by atoms with Crippen LogP contribution in [0.3, 0.4) is 0 Å². The lowest BCUT2D eigenvalue weighted by atomic mass is 10.1. The Morgan fingerprint density at radius 3 is 2.88 bits per heavy atom. The van der Waals surface area contributed by atoms with Crippen LogP contribution in [-0.4, -0.2) is 66.3 Å². The highest BCUT2D eigenvalue weighted by molar-refractivity contribution is 5.70. The monoisotopic (exact) mass is 339 g/mol. The normalized spacial score (nSPS) is 27.0. The third-order valence-electron chi connectivity index (χ3n) is 4.05. The van der Waals surface area contributed by atoms with Crippen molar-refractivity contribution in [3.05, 3.63) is 16.7 Å². The molecule has 1 fully saturated rings. The molecule has 1 saturated heterocycles. The van der Waals surface area contributed by atoms with E-state index in [0.29, 0.717) is 12.5 Å². The van der Waals surface area contributed by atoms with Crippen molar-refractivity contribution in [3.63, 3.8) is 0 Å². The lowest BCUT2D eigenvalue weighted by Crippen LogP contribution is -2.33. The summed E-state index contributed by atoms with van der Waals surface area (Å²) in [5, 5.41) is 32.2. The number of aromatic amines is 1. The van der Waals surface area contributed by atoms with Crippen LogP contribution in [0.15, 0.2) is 11.1 Å². The van der Waals surface area contributed by atoms with Crippen LogP contribution in [-0.2, 0) is 4.74 Å². The molecule has 3 rings (SSSR count). The topological polar surface area (TPSA) is 146 Å². The molecule has 1 aliphatic rings. The first-order chi connectivity index (χ1) is 11.6. The molecule has 132 valence electrons. The minimum Gasteiger partial charge on any atom is -0.394 e. The van der Waals surface area contributed by atoms with Gasteiger partial charge in [0.05, 0.1) is 12.9 Å². The second kappa shape index (κ2) is 6.85. The lowest BCUT2D eigenvalue weighted by molar-refractivity contribution is -0.0511. The largest absolute Gasteiger partial charge is 0.394 e. The predicted octanol–water partition coefficient (Wildman–Crippen LogP) is -1.06. The van der Waals surface area contributed by atoms with Crippen molar-refractivity contribution in [2.45, 2.75) is 44.3 Å². The highest BCUT2D eigenvalue weighted by Crippen LogP contribution is 2.30. The first-order valence-corrected chi connectivity index (χ1v) is 7.90. The van der Waals surface area contributed by atoms with Crippen molar-refractivity contribution in [3.8, 4) is 0 Å². The van der Waals surface area contributed by atoms with Crippen molar-refractivity contribution < 1.29 is 20.1 Å². The number of ether oxygens (including phenoxy) is 1. The van der Waals surface area contributed by atoms with Crippen LogP contribution in [0, 0.1) is 0 Å². The van der Waals surface area contributed by atoms with Gasteiger partial charge in [0.2, 0.25) is 5.95 Å². The molecule has 10 heteroatoms. The zero-order chi connectivity index (χ0) is 17.3. The number of aliphatic hydroxyl groups excluding tert-OH is 3. The number of hydrogen-bond donors (Lipinski definition) is 5. The molecule has 1 aliphatic heterocycles. The Balaban J connectivity index is 1.95. The van der Waals surface area contributed by atoms with Gasteiger partial charge in [0.1, 0.15) is 18.3 Å². The third-order valence-corrected chi connectivity index (χ3v) is 4.05. The summed E-state index contributed by atoms with van der Waals surface area (Å²) < 4.78 is 6.85. The van der Waals surface area contributed by atoms with Gasteiger partial charge in [-0.25, -0.2) is 4.98 Å². The summed E-state index contributed by atoms with van der Waals surface area (Å²) in [6.45, 7) is 2.28. The summed E-state index contributed by atoms with van der Waals surface area (Å²) in [6.07, 6.45) is -1.15. The van der Waals surface area contributed by atoms with Crippen LogP contribution in [0.2, 0.25) is 0 Å². The van der Waals surface area contributed by atoms with E-state index in [1.54, 1.807) is 0 Å². The van der Waals surface area contributed by atoms with Crippen LogP contribution >= 0.6 is 0 Å². The number of aliphatic hydroxyl groups is 3. The van der Waals surface area contributed by atoms with E-state index in [1.165, 1.54) is 10.9 Å². The molecule has 2 aromatic rings. The zero-order valence-electron chi connectivity index (χ0n) is 13.2. The maximum atomic E-state index is 12.1. The molecule has 4 atom stereocenters. The first kappa shape index (κ1) is 16.8. The quantitative estimate of drug-likeness (QED) is 0.419. The van der Waals surface area contributed by atoms with Gasteiger partial charge in [-0.05, 0) is 6.42 Å². The Kier molecular flexibility index (Phi) is 4.81. The number of rotatable bonds is 6. The molecule has 0 radical (unpaired) electrons. The van der Waals surface area contributed by atoms with Crippen LogP contribution < -0.4 is 10.9 Å². The number of unbranched alkanes of at least 4 members (excludes halogenated alkanes) is 1. The summed E-state index contributed by atoms with van der Waals surface area (Å²) in [6, 6.07) is 0. The molecule has 2 aromatic heterocycles. The van der Waals surface area contributed by atoms with Crippen LogP contribution in [0.25, 0.3) is 11.2 Å². The van der Waals surface area contributed by atoms with Gasteiger partial charge in [-0.2, -0.15) is 4.98 Å². The number of nitrogens with zero attached hydrogens (tertiary/aromatic N) is 3. The Labute approximate surface area is 137 Å². The second-order valence-electron chi connectivity index (χ2n) is 5.75.